The number of likely N-dealkylation sites (tertiary alicyclic amines) is 1. The zero-order chi connectivity index (χ0) is 19.5. The molecule has 3 aromatic rings. The molecule has 1 saturated heterocycles. The van der Waals surface area contributed by atoms with E-state index in [1.54, 1.807) is 0 Å². The van der Waals surface area contributed by atoms with E-state index in [1.165, 1.54) is 0 Å². The van der Waals surface area contributed by atoms with Crippen molar-refractivity contribution in [3.8, 4) is 0 Å². The summed E-state index contributed by atoms with van der Waals surface area (Å²) >= 11 is 0. The molecule has 1 heterocycles. The summed E-state index contributed by atoms with van der Waals surface area (Å²) in [4.78, 5) is 27.6. The predicted octanol–water partition coefficient (Wildman–Crippen LogP) is 4.94. The minimum atomic E-state index is -0.439. The molecule has 1 aliphatic heterocycles. The average Bonchev–Trinajstić information content (AvgIpc) is 2.75. The van der Waals surface area contributed by atoms with Gasteiger partial charge < -0.3 is 9.64 Å². The van der Waals surface area contributed by atoms with Crippen LogP contribution >= 0.6 is 0 Å². The largest absolute Gasteiger partial charge is 0.452 e. The van der Waals surface area contributed by atoms with Crippen molar-refractivity contribution in [1.82, 2.24) is 4.90 Å². The molecule has 0 aromatic heterocycles. The molecule has 1 aliphatic rings. The number of carbonyl (C=O) groups is 2. The minimum Gasteiger partial charge on any atom is -0.452 e. The second-order valence-corrected chi connectivity index (χ2v) is 7.41. The molecule has 0 bridgehead atoms. The van der Waals surface area contributed by atoms with Crippen LogP contribution in [0, 0.1) is 0 Å². The van der Waals surface area contributed by atoms with Gasteiger partial charge in [0.15, 0.2) is 6.61 Å². The van der Waals surface area contributed by atoms with Crippen molar-refractivity contribution >= 4 is 33.4 Å². The van der Waals surface area contributed by atoms with E-state index < -0.39 is 5.97 Å². The van der Waals surface area contributed by atoms with Crippen molar-refractivity contribution < 1.29 is 14.3 Å². The van der Waals surface area contributed by atoms with E-state index >= 15 is 0 Å². The van der Waals surface area contributed by atoms with Gasteiger partial charge in [0.05, 0.1) is 5.56 Å². The third-order valence-electron chi connectivity index (χ3n) is 5.72. The lowest BCUT2D eigenvalue weighted by Gasteiger charge is -2.35. The number of piperidine rings is 1. The highest BCUT2D eigenvalue weighted by Crippen LogP contribution is 2.29. The van der Waals surface area contributed by atoms with Gasteiger partial charge in [-0.05, 0) is 53.3 Å². The van der Waals surface area contributed by atoms with Gasteiger partial charge in [-0.25, -0.2) is 4.79 Å². The van der Waals surface area contributed by atoms with Crippen LogP contribution in [-0.2, 0) is 9.53 Å². The number of carbonyl (C=O) groups excluding carboxylic acids is 2. The molecule has 4 heteroatoms. The van der Waals surface area contributed by atoms with Gasteiger partial charge in [-0.1, -0.05) is 55.5 Å². The maximum Gasteiger partial charge on any atom is 0.339 e. The van der Waals surface area contributed by atoms with Gasteiger partial charge in [-0.15, -0.1) is 0 Å². The Morgan fingerprint density at radius 2 is 1.64 bits per heavy atom. The van der Waals surface area contributed by atoms with Gasteiger partial charge in [-0.2, -0.15) is 0 Å². The first-order valence-electron chi connectivity index (χ1n) is 10.1. The van der Waals surface area contributed by atoms with Gasteiger partial charge >= 0.3 is 5.97 Å². The Hall–Kier alpha value is -2.88. The molecule has 3 aromatic carbocycles. The molecule has 0 saturated carbocycles. The summed E-state index contributed by atoms with van der Waals surface area (Å²) < 4.78 is 5.52. The van der Waals surface area contributed by atoms with E-state index in [0.29, 0.717) is 5.56 Å². The first kappa shape index (κ1) is 18.5. The number of ether oxygens (including phenoxy) is 1. The van der Waals surface area contributed by atoms with Gasteiger partial charge in [0, 0.05) is 12.6 Å². The highest BCUT2D eigenvalue weighted by atomic mass is 16.5. The smallest absolute Gasteiger partial charge is 0.339 e. The van der Waals surface area contributed by atoms with Crippen LogP contribution in [0.15, 0.2) is 54.6 Å². The van der Waals surface area contributed by atoms with Gasteiger partial charge in [0.25, 0.3) is 5.91 Å². The summed E-state index contributed by atoms with van der Waals surface area (Å²) in [6, 6.07) is 17.9. The van der Waals surface area contributed by atoms with Gasteiger partial charge in [0.2, 0.25) is 0 Å². The lowest BCUT2D eigenvalue weighted by Crippen LogP contribution is -2.45. The summed E-state index contributed by atoms with van der Waals surface area (Å²) in [5.74, 6) is -0.532. The van der Waals surface area contributed by atoms with Crippen molar-refractivity contribution in [1.29, 1.82) is 0 Å². The third-order valence-corrected chi connectivity index (χ3v) is 5.72. The number of rotatable bonds is 4. The number of fused-ring (bicyclic) bond motifs is 2. The minimum absolute atomic E-state index is 0.0931. The monoisotopic (exact) mass is 375 g/mol. The van der Waals surface area contributed by atoms with E-state index in [2.05, 4.69) is 13.0 Å². The second kappa shape index (κ2) is 8.01. The summed E-state index contributed by atoms with van der Waals surface area (Å²) in [7, 11) is 0. The van der Waals surface area contributed by atoms with E-state index in [0.717, 1.165) is 53.8 Å². The number of esters is 1. The molecule has 1 fully saturated rings. The highest BCUT2D eigenvalue weighted by Gasteiger charge is 2.26. The molecule has 4 rings (SSSR count). The number of benzene rings is 3. The fourth-order valence-electron chi connectivity index (χ4n) is 4.27. The van der Waals surface area contributed by atoms with E-state index in [1.807, 2.05) is 53.4 Å². The third kappa shape index (κ3) is 3.47. The van der Waals surface area contributed by atoms with Gasteiger partial charge in [-0.3, -0.25) is 4.79 Å². The Balaban J connectivity index is 1.61. The second-order valence-electron chi connectivity index (χ2n) is 7.41. The Bertz CT molecular complexity index is 973. The lowest BCUT2D eigenvalue weighted by molar-refractivity contribution is -0.138. The standard InChI is InChI=1S/C24H25NO3/c1-2-19-11-7-8-14-25(19)22(26)16-28-24(27)23-20-12-5-3-9-17(20)15-18-10-4-6-13-21(18)23/h3-6,9-10,12-13,15,19H,2,7-8,11,14,16H2,1H3/t19-/m0/s1. The number of amides is 1. The topological polar surface area (TPSA) is 46.6 Å². The number of nitrogens with zero attached hydrogens (tertiary/aromatic N) is 1. The van der Waals surface area contributed by atoms with Crippen molar-refractivity contribution in [2.75, 3.05) is 13.2 Å². The molecule has 28 heavy (non-hydrogen) atoms. The molecule has 0 radical (unpaired) electrons. The van der Waals surface area contributed by atoms with Crippen LogP contribution in [0.5, 0.6) is 0 Å². The Morgan fingerprint density at radius 3 is 2.29 bits per heavy atom. The van der Waals surface area contributed by atoms with Crippen LogP contribution in [0.3, 0.4) is 0 Å². The molecule has 1 atom stereocenters. The van der Waals surface area contributed by atoms with Crippen LogP contribution in [0.25, 0.3) is 21.5 Å². The van der Waals surface area contributed by atoms with Crippen molar-refractivity contribution in [2.45, 2.75) is 38.6 Å². The van der Waals surface area contributed by atoms with E-state index in [4.69, 9.17) is 4.74 Å². The van der Waals surface area contributed by atoms with Crippen LogP contribution in [-0.4, -0.2) is 36.0 Å². The lowest BCUT2D eigenvalue weighted by atomic mass is 9.97. The first-order chi connectivity index (χ1) is 13.7. The van der Waals surface area contributed by atoms with E-state index in [-0.39, 0.29) is 18.6 Å². The summed E-state index contributed by atoms with van der Waals surface area (Å²) in [6.45, 7) is 2.66. The summed E-state index contributed by atoms with van der Waals surface area (Å²) in [5.41, 5.74) is 0.534. The number of hydrogen-bond acceptors (Lipinski definition) is 3. The Morgan fingerprint density at radius 1 is 1.00 bits per heavy atom. The zero-order valence-corrected chi connectivity index (χ0v) is 16.2. The fraction of sp³-hybridized carbons (Fsp3) is 0.333. The molecule has 0 unspecified atom stereocenters. The fourth-order valence-corrected chi connectivity index (χ4v) is 4.27. The van der Waals surface area contributed by atoms with Crippen LogP contribution in [0.2, 0.25) is 0 Å². The quantitative estimate of drug-likeness (QED) is 0.479. The van der Waals surface area contributed by atoms with Gasteiger partial charge in [0.1, 0.15) is 0 Å². The molecule has 1 amide bonds. The molecule has 0 N–H and O–H groups in total. The molecule has 0 aliphatic carbocycles. The van der Waals surface area contributed by atoms with Crippen LogP contribution in [0.1, 0.15) is 43.0 Å². The maximum absolute atomic E-state index is 13.0. The zero-order valence-electron chi connectivity index (χ0n) is 16.2. The molecule has 4 nitrogen and oxygen atoms in total. The number of hydrogen-bond donors (Lipinski definition) is 0. The summed E-state index contributed by atoms with van der Waals surface area (Å²) in [6.07, 6.45) is 4.14. The molecule has 0 spiro atoms. The van der Waals surface area contributed by atoms with Crippen LogP contribution in [0.4, 0.5) is 0 Å². The molecular weight excluding hydrogens is 350 g/mol. The van der Waals surface area contributed by atoms with Crippen LogP contribution < -0.4 is 0 Å². The Labute approximate surface area is 165 Å². The van der Waals surface area contributed by atoms with Crippen molar-refractivity contribution in [3.63, 3.8) is 0 Å². The highest BCUT2D eigenvalue weighted by molar-refractivity contribution is 6.16. The maximum atomic E-state index is 13.0. The van der Waals surface area contributed by atoms with Crippen molar-refractivity contribution in [3.05, 3.63) is 60.2 Å². The Kier molecular flexibility index (Phi) is 5.29. The van der Waals surface area contributed by atoms with Crippen molar-refractivity contribution in [2.24, 2.45) is 0 Å². The normalized spacial score (nSPS) is 17.0. The predicted molar refractivity (Wildman–Crippen MR) is 111 cm³/mol. The molecular formula is C24H25NO3. The molecule has 144 valence electrons. The van der Waals surface area contributed by atoms with E-state index in [9.17, 15) is 9.59 Å². The average molecular weight is 375 g/mol. The SMILES string of the molecule is CC[C@H]1CCCCN1C(=O)COC(=O)c1c2ccccc2cc2ccccc12. The summed E-state index contributed by atoms with van der Waals surface area (Å²) in [5, 5.41) is 3.68. The first-order valence-corrected chi connectivity index (χ1v) is 10.1.